The number of carbonyl (C=O) groups excluding carboxylic acids is 2. The van der Waals surface area contributed by atoms with Gasteiger partial charge in [-0.05, 0) is 73.2 Å². The van der Waals surface area contributed by atoms with Crippen LogP contribution < -0.4 is 10.6 Å². The van der Waals surface area contributed by atoms with E-state index in [0.29, 0.717) is 11.3 Å². The molecule has 2 amide bonds. The number of hydrogen-bond acceptors (Lipinski definition) is 3. The quantitative estimate of drug-likeness (QED) is 0.336. The molecule has 0 heterocycles. The highest BCUT2D eigenvalue weighted by atomic mass is 32.2. The number of anilines is 2. The normalized spacial score (nSPS) is 11.7. The number of aryl methyl sites for hydroxylation is 1. The number of thioether (sulfide) groups is 1. The van der Waals surface area contributed by atoms with Crippen LogP contribution >= 0.6 is 11.8 Å². The summed E-state index contributed by atoms with van der Waals surface area (Å²) < 4.78 is 0. The molecule has 4 aromatic rings. The number of benzene rings is 4. The molecule has 0 bridgehead atoms. The average Bonchev–Trinajstić information content (AvgIpc) is 2.80. The molecule has 1 unspecified atom stereocenters. The molecule has 0 saturated heterocycles. The minimum Gasteiger partial charge on any atom is -0.325 e. The van der Waals surface area contributed by atoms with Gasteiger partial charge in [-0.25, -0.2) is 0 Å². The van der Waals surface area contributed by atoms with Gasteiger partial charge in [0.2, 0.25) is 5.91 Å². The van der Waals surface area contributed by atoms with Crippen molar-refractivity contribution in [3.8, 4) is 0 Å². The standard InChI is InChI=1S/C27H24N2O2S/c1-18-6-5-9-22(16-18)27(31)28-23-12-14-25(15-13-23)32-19(2)26(30)29-24-11-10-20-7-3-4-8-21(20)17-24/h3-17,19H,1-2H3,(H,28,31)(H,29,30). The highest BCUT2D eigenvalue weighted by Gasteiger charge is 2.15. The molecule has 32 heavy (non-hydrogen) atoms. The van der Waals surface area contributed by atoms with Crippen molar-refractivity contribution >= 4 is 45.7 Å². The second-order valence-corrected chi connectivity index (χ2v) is 9.07. The van der Waals surface area contributed by atoms with Gasteiger partial charge in [-0.3, -0.25) is 9.59 Å². The number of hydrogen-bond donors (Lipinski definition) is 2. The number of rotatable bonds is 6. The molecule has 4 nitrogen and oxygen atoms in total. The van der Waals surface area contributed by atoms with Gasteiger partial charge < -0.3 is 10.6 Å². The summed E-state index contributed by atoms with van der Waals surface area (Å²) in [5, 5.41) is 7.87. The van der Waals surface area contributed by atoms with Crippen molar-refractivity contribution in [2.24, 2.45) is 0 Å². The third-order valence-electron chi connectivity index (χ3n) is 5.09. The van der Waals surface area contributed by atoms with Crippen LogP contribution in [0.5, 0.6) is 0 Å². The summed E-state index contributed by atoms with van der Waals surface area (Å²) >= 11 is 1.48. The topological polar surface area (TPSA) is 58.2 Å². The zero-order valence-electron chi connectivity index (χ0n) is 18.0. The van der Waals surface area contributed by atoms with E-state index in [9.17, 15) is 9.59 Å². The molecule has 160 valence electrons. The molecule has 5 heteroatoms. The van der Waals surface area contributed by atoms with Crippen LogP contribution in [0.2, 0.25) is 0 Å². The summed E-state index contributed by atoms with van der Waals surface area (Å²) in [4.78, 5) is 26.0. The monoisotopic (exact) mass is 440 g/mol. The van der Waals surface area contributed by atoms with Gasteiger partial charge in [-0.2, -0.15) is 0 Å². The molecular formula is C27H24N2O2S. The van der Waals surface area contributed by atoms with Gasteiger partial charge in [0.05, 0.1) is 5.25 Å². The van der Waals surface area contributed by atoms with Crippen LogP contribution in [0.25, 0.3) is 10.8 Å². The van der Waals surface area contributed by atoms with Crippen molar-refractivity contribution in [2.75, 3.05) is 10.6 Å². The first-order valence-electron chi connectivity index (χ1n) is 10.4. The Kier molecular flexibility index (Phi) is 6.57. The fourth-order valence-electron chi connectivity index (χ4n) is 3.38. The first-order valence-corrected chi connectivity index (χ1v) is 11.3. The van der Waals surface area contributed by atoms with Gasteiger partial charge in [-0.15, -0.1) is 11.8 Å². The molecule has 0 aliphatic heterocycles. The van der Waals surface area contributed by atoms with Crippen LogP contribution in [0.15, 0.2) is 95.9 Å². The summed E-state index contributed by atoms with van der Waals surface area (Å²) in [6.07, 6.45) is 0. The van der Waals surface area contributed by atoms with E-state index in [4.69, 9.17) is 0 Å². The molecule has 4 aromatic carbocycles. The zero-order valence-corrected chi connectivity index (χ0v) is 18.8. The van der Waals surface area contributed by atoms with E-state index in [1.54, 1.807) is 6.07 Å². The maximum Gasteiger partial charge on any atom is 0.255 e. The molecule has 0 radical (unpaired) electrons. The third kappa shape index (κ3) is 5.37. The molecule has 4 rings (SSSR count). The van der Waals surface area contributed by atoms with Crippen molar-refractivity contribution in [2.45, 2.75) is 24.0 Å². The van der Waals surface area contributed by atoms with Crippen LogP contribution in [0.3, 0.4) is 0 Å². The molecule has 0 spiro atoms. The Morgan fingerprint density at radius 1 is 0.750 bits per heavy atom. The smallest absolute Gasteiger partial charge is 0.255 e. The maximum absolute atomic E-state index is 12.7. The Hall–Kier alpha value is -3.57. The summed E-state index contributed by atoms with van der Waals surface area (Å²) in [6.45, 7) is 3.84. The van der Waals surface area contributed by atoms with Gasteiger partial charge in [0, 0.05) is 21.8 Å². The Balaban J connectivity index is 1.34. The molecular weight excluding hydrogens is 416 g/mol. The van der Waals surface area contributed by atoms with Gasteiger partial charge in [-0.1, -0.05) is 48.0 Å². The van der Waals surface area contributed by atoms with Crippen molar-refractivity contribution < 1.29 is 9.59 Å². The van der Waals surface area contributed by atoms with E-state index in [0.717, 1.165) is 26.9 Å². The van der Waals surface area contributed by atoms with Crippen LogP contribution in [0.4, 0.5) is 11.4 Å². The molecule has 1 atom stereocenters. The van der Waals surface area contributed by atoms with Crippen LogP contribution in [-0.2, 0) is 4.79 Å². The summed E-state index contributed by atoms with van der Waals surface area (Å²) in [5.41, 5.74) is 3.17. The van der Waals surface area contributed by atoms with E-state index in [2.05, 4.69) is 10.6 Å². The SMILES string of the molecule is Cc1cccc(C(=O)Nc2ccc(SC(C)C(=O)Nc3ccc4ccccc4c3)cc2)c1. The van der Waals surface area contributed by atoms with E-state index in [-0.39, 0.29) is 17.1 Å². The van der Waals surface area contributed by atoms with Crippen molar-refractivity contribution in [3.63, 3.8) is 0 Å². The Labute approximate surface area is 192 Å². The minimum atomic E-state index is -0.269. The zero-order chi connectivity index (χ0) is 22.5. The second-order valence-electron chi connectivity index (χ2n) is 7.66. The predicted octanol–water partition coefficient (Wildman–Crippen LogP) is 6.52. The lowest BCUT2D eigenvalue weighted by Crippen LogP contribution is -2.22. The maximum atomic E-state index is 12.7. The molecule has 0 aliphatic carbocycles. The Morgan fingerprint density at radius 3 is 2.22 bits per heavy atom. The Morgan fingerprint density at radius 2 is 1.47 bits per heavy atom. The number of nitrogens with one attached hydrogen (secondary N) is 2. The van der Waals surface area contributed by atoms with Gasteiger partial charge in [0.15, 0.2) is 0 Å². The number of fused-ring (bicyclic) bond motifs is 1. The molecule has 0 aromatic heterocycles. The summed E-state index contributed by atoms with van der Waals surface area (Å²) in [7, 11) is 0. The van der Waals surface area contributed by atoms with E-state index < -0.39 is 0 Å². The predicted molar refractivity (Wildman–Crippen MR) is 133 cm³/mol. The lowest BCUT2D eigenvalue weighted by molar-refractivity contribution is -0.115. The molecule has 2 N–H and O–H groups in total. The third-order valence-corrected chi connectivity index (χ3v) is 6.20. The van der Waals surface area contributed by atoms with E-state index >= 15 is 0 Å². The number of amides is 2. The van der Waals surface area contributed by atoms with Crippen molar-refractivity contribution in [3.05, 3.63) is 102 Å². The largest absolute Gasteiger partial charge is 0.325 e. The lowest BCUT2D eigenvalue weighted by Gasteiger charge is -2.13. The highest BCUT2D eigenvalue weighted by molar-refractivity contribution is 8.00. The summed E-state index contributed by atoms with van der Waals surface area (Å²) in [5.74, 6) is -0.195. The fraction of sp³-hybridized carbons (Fsp3) is 0.111. The first kappa shape index (κ1) is 21.7. The van der Waals surface area contributed by atoms with Crippen LogP contribution in [0, 0.1) is 6.92 Å². The highest BCUT2D eigenvalue weighted by Crippen LogP contribution is 2.26. The number of carbonyl (C=O) groups is 2. The van der Waals surface area contributed by atoms with Crippen molar-refractivity contribution in [1.29, 1.82) is 0 Å². The second kappa shape index (κ2) is 9.71. The van der Waals surface area contributed by atoms with Gasteiger partial charge >= 0.3 is 0 Å². The molecule has 0 saturated carbocycles. The van der Waals surface area contributed by atoms with Crippen LogP contribution in [-0.4, -0.2) is 17.1 Å². The molecule has 0 aliphatic rings. The molecule has 0 fully saturated rings. The van der Waals surface area contributed by atoms with Crippen LogP contribution in [0.1, 0.15) is 22.8 Å². The van der Waals surface area contributed by atoms with Gasteiger partial charge in [0.25, 0.3) is 5.91 Å². The Bertz CT molecular complexity index is 1270. The lowest BCUT2D eigenvalue weighted by atomic mass is 10.1. The summed E-state index contributed by atoms with van der Waals surface area (Å²) in [6, 6.07) is 29.0. The van der Waals surface area contributed by atoms with E-state index in [1.165, 1.54) is 11.8 Å². The van der Waals surface area contributed by atoms with Gasteiger partial charge in [0.1, 0.15) is 0 Å². The van der Waals surface area contributed by atoms with E-state index in [1.807, 2.05) is 98.8 Å². The van der Waals surface area contributed by atoms with Crippen molar-refractivity contribution in [1.82, 2.24) is 0 Å². The fourth-order valence-corrected chi connectivity index (χ4v) is 4.24. The first-order chi connectivity index (χ1) is 15.5. The minimum absolute atomic E-state index is 0.0536. The average molecular weight is 441 g/mol.